The summed E-state index contributed by atoms with van der Waals surface area (Å²) in [5.41, 5.74) is 0. The summed E-state index contributed by atoms with van der Waals surface area (Å²) in [6, 6.07) is 0.773. The van der Waals surface area contributed by atoms with Crippen LogP contribution in [-0.2, 0) is 0 Å². The molecule has 1 N–H and O–H groups in total. The maximum absolute atomic E-state index is 3.55. The van der Waals surface area contributed by atoms with Gasteiger partial charge in [0.1, 0.15) is 0 Å². The summed E-state index contributed by atoms with van der Waals surface area (Å²) >= 11 is 0. The number of rotatable bonds is 4. The Bertz CT molecular complexity index is 236. The van der Waals surface area contributed by atoms with Crippen LogP contribution >= 0.6 is 0 Å². The van der Waals surface area contributed by atoms with Crippen molar-refractivity contribution < 1.29 is 0 Å². The number of hydrogen-bond acceptors (Lipinski definition) is 4. The van der Waals surface area contributed by atoms with Crippen molar-refractivity contribution in [1.82, 2.24) is 20.0 Å². The molecule has 2 saturated heterocycles. The number of piperidine rings is 1. The lowest BCUT2D eigenvalue weighted by molar-refractivity contribution is 0.0589. The van der Waals surface area contributed by atoms with E-state index < -0.39 is 0 Å². The van der Waals surface area contributed by atoms with E-state index in [1.165, 1.54) is 58.8 Å². The Morgan fingerprint density at radius 2 is 1.89 bits per heavy atom. The second kappa shape index (κ2) is 6.85. The van der Waals surface area contributed by atoms with Gasteiger partial charge >= 0.3 is 0 Å². The van der Waals surface area contributed by atoms with Gasteiger partial charge in [-0.05, 0) is 33.0 Å². The average molecular weight is 254 g/mol. The van der Waals surface area contributed by atoms with Gasteiger partial charge in [0, 0.05) is 51.9 Å². The zero-order valence-electron chi connectivity index (χ0n) is 12.4. The summed E-state index contributed by atoms with van der Waals surface area (Å²) < 4.78 is 0. The maximum atomic E-state index is 3.55. The van der Waals surface area contributed by atoms with Crippen molar-refractivity contribution in [1.29, 1.82) is 0 Å². The van der Waals surface area contributed by atoms with Crippen molar-refractivity contribution in [3.05, 3.63) is 0 Å². The van der Waals surface area contributed by atoms with Gasteiger partial charge in [-0.15, -0.1) is 0 Å². The third kappa shape index (κ3) is 3.92. The Morgan fingerprint density at radius 1 is 1.17 bits per heavy atom. The molecule has 4 nitrogen and oxygen atoms in total. The molecule has 106 valence electrons. The molecule has 4 heteroatoms. The highest BCUT2D eigenvalue weighted by atomic mass is 15.3. The van der Waals surface area contributed by atoms with Crippen LogP contribution in [-0.4, -0.2) is 87.2 Å². The summed E-state index contributed by atoms with van der Waals surface area (Å²) in [6.45, 7) is 12.2. The van der Waals surface area contributed by atoms with Crippen molar-refractivity contribution in [3.8, 4) is 0 Å². The standard InChI is InChI=1S/C14H30N4/c1-13-4-5-15-12-14(13)18-10-8-17(9-11-18)7-6-16(2)3/h13-15H,4-12H2,1-3H3. The number of piperazine rings is 1. The van der Waals surface area contributed by atoms with Gasteiger partial charge in [0.25, 0.3) is 0 Å². The Kier molecular flexibility index (Phi) is 5.42. The summed E-state index contributed by atoms with van der Waals surface area (Å²) in [5, 5.41) is 3.55. The molecular formula is C14H30N4. The number of nitrogens with one attached hydrogen (secondary N) is 1. The molecule has 0 aromatic heterocycles. The van der Waals surface area contributed by atoms with Crippen LogP contribution in [0, 0.1) is 5.92 Å². The van der Waals surface area contributed by atoms with E-state index in [0.29, 0.717) is 0 Å². The molecule has 2 unspecified atom stereocenters. The van der Waals surface area contributed by atoms with E-state index in [0.717, 1.165) is 12.0 Å². The first kappa shape index (κ1) is 14.3. The second-order valence-electron chi connectivity index (χ2n) is 6.22. The first-order chi connectivity index (χ1) is 8.66. The minimum absolute atomic E-state index is 0.773. The normalized spacial score (nSPS) is 32.0. The van der Waals surface area contributed by atoms with Gasteiger partial charge in [-0.25, -0.2) is 0 Å². The van der Waals surface area contributed by atoms with Gasteiger partial charge in [-0.3, -0.25) is 9.80 Å². The van der Waals surface area contributed by atoms with Gasteiger partial charge < -0.3 is 10.2 Å². The van der Waals surface area contributed by atoms with Crippen molar-refractivity contribution >= 4 is 0 Å². The van der Waals surface area contributed by atoms with Gasteiger partial charge in [0.15, 0.2) is 0 Å². The molecule has 0 aliphatic carbocycles. The van der Waals surface area contributed by atoms with Crippen LogP contribution in [0.15, 0.2) is 0 Å². The quantitative estimate of drug-likeness (QED) is 0.772. The molecule has 2 heterocycles. The molecule has 18 heavy (non-hydrogen) atoms. The number of likely N-dealkylation sites (N-methyl/N-ethyl adjacent to an activating group) is 1. The molecule has 0 aromatic carbocycles. The van der Waals surface area contributed by atoms with Crippen molar-refractivity contribution in [2.45, 2.75) is 19.4 Å². The van der Waals surface area contributed by atoms with Gasteiger partial charge in [-0.2, -0.15) is 0 Å². The van der Waals surface area contributed by atoms with Crippen LogP contribution < -0.4 is 5.32 Å². The fraction of sp³-hybridized carbons (Fsp3) is 1.00. The Labute approximate surface area is 112 Å². The van der Waals surface area contributed by atoms with Gasteiger partial charge in [-0.1, -0.05) is 6.92 Å². The summed E-state index contributed by atoms with van der Waals surface area (Å²) in [5.74, 6) is 0.861. The van der Waals surface area contributed by atoms with Crippen molar-refractivity contribution in [2.24, 2.45) is 5.92 Å². The summed E-state index contributed by atoms with van der Waals surface area (Å²) in [4.78, 5) is 7.60. The lowest BCUT2D eigenvalue weighted by atomic mass is 9.93. The van der Waals surface area contributed by atoms with Gasteiger partial charge in [0.2, 0.25) is 0 Å². The third-order valence-corrected chi connectivity index (χ3v) is 4.53. The predicted molar refractivity (Wildman–Crippen MR) is 77.0 cm³/mol. The molecule has 0 radical (unpaired) electrons. The van der Waals surface area contributed by atoms with E-state index >= 15 is 0 Å². The number of nitrogens with zero attached hydrogens (tertiary/aromatic N) is 3. The highest BCUT2D eigenvalue weighted by Crippen LogP contribution is 2.19. The first-order valence-corrected chi connectivity index (χ1v) is 7.48. The Morgan fingerprint density at radius 3 is 2.50 bits per heavy atom. The minimum atomic E-state index is 0.773. The van der Waals surface area contributed by atoms with Crippen LogP contribution in [0.2, 0.25) is 0 Å². The first-order valence-electron chi connectivity index (χ1n) is 7.48. The zero-order chi connectivity index (χ0) is 13.0. The molecule has 2 aliphatic heterocycles. The minimum Gasteiger partial charge on any atom is -0.315 e. The molecular weight excluding hydrogens is 224 g/mol. The lowest BCUT2D eigenvalue weighted by Gasteiger charge is -2.43. The van der Waals surface area contributed by atoms with E-state index in [4.69, 9.17) is 0 Å². The van der Waals surface area contributed by atoms with Crippen molar-refractivity contribution in [3.63, 3.8) is 0 Å². The van der Waals surface area contributed by atoms with Crippen LogP contribution in [0.4, 0.5) is 0 Å². The maximum Gasteiger partial charge on any atom is 0.0247 e. The monoisotopic (exact) mass is 254 g/mol. The fourth-order valence-electron chi connectivity index (χ4n) is 3.12. The lowest BCUT2D eigenvalue weighted by Crippen LogP contribution is -2.57. The fourth-order valence-corrected chi connectivity index (χ4v) is 3.12. The van der Waals surface area contributed by atoms with Crippen LogP contribution in [0.5, 0.6) is 0 Å². The molecule has 0 amide bonds. The molecule has 2 rings (SSSR count). The molecule has 2 fully saturated rings. The Balaban J connectivity index is 1.72. The molecule has 2 aliphatic rings. The van der Waals surface area contributed by atoms with E-state index in [1.54, 1.807) is 0 Å². The second-order valence-corrected chi connectivity index (χ2v) is 6.22. The topological polar surface area (TPSA) is 21.8 Å². The van der Waals surface area contributed by atoms with E-state index in [1.807, 2.05) is 0 Å². The zero-order valence-corrected chi connectivity index (χ0v) is 12.4. The molecule has 0 spiro atoms. The molecule has 0 saturated carbocycles. The van der Waals surface area contributed by atoms with E-state index in [9.17, 15) is 0 Å². The summed E-state index contributed by atoms with van der Waals surface area (Å²) in [7, 11) is 4.32. The third-order valence-electron chi connectivity index (χ3n) is 4.53. The van der Waals surface area contributed by atoms with E-state index in [2.05, 4.69) is 41.0 Å². The van der Waals surface area contributed by atoms with E-state index in [-0.39, 0.29) is 0 Å². The molecule has 0 bridgehead atoms. The Hall–Kier alpha value is -0.160. The van der Waals surface area contributed by atoms with Crippen LogP contribution in [0.25, 0.3) is 0 Å². The van der Waals surface area contributed by atoms with Crippen LogP contribution in [0.3, 0.4) is 0 Å². The smallest absolute Gasteiger partial charge is 0.0247 e. The predicted octanol–water partition coefficient (Wildman–Crippen LogP) is 0.164. The van der Waals surface area contributed by atoms with Crippen molar-refractivity contribution in [2.75, 3.05) is 66.5 Å². The average Bonchev–Trinajstić information content (AvgIpc) is 2.38. The largest absolute Gasteiger partial charge is 0.315 e. The van der Waals surface area contributed by atoms with Crippen LogP contribution in [0.1, 0.15) is 13.3 Å². The van der Waals surface area contributed by atoms with Gasteiger partial charge in [0.05, 0.1) is 0 Å². The SMILES string of the molecule is CC1CCNCC1N1CCN(CCN(C)C)CC1. The molecule has 0 aromatic rings. The number of hydrogen-bond donors (Lipinski definition) is 1. The molecule has 2 atom stereocenters. The highest BCUT2D eigenvalue weighted by Gasteiger charge is 2.29. The summed E-state index contributed by atoms with van der Waals surface area (Å²) in [6.07, 6.45) is 1.34. The highest BCUT2D eigenvalue weighted by molar-refractivity contribution is 4.86.